The van der Waals surface area contributed by atoms with Gasteiger partial charge in [0.1, 0.15) is 5.01 Å². The molecule has 0 aromatic carbocycles. The minimum absolute atomic E-state index is 0.225. The van der Waals surface area contributed by atoms with Gasteiger partial charge in [0.2, 0.25) is 0 Å². The number of rotatable bonds is 6. The standard InChI is InChI=1S/C11H20N2OS/c1-4-5-10(14)6-12-7-11-13-8(2)9(3)15-11/h10,12,14H,4-7H2,1-3H3. The van der Waals surface area contributed by atoms with Gasteiger partial charge in [-0.25, -0.2) is 4.98 Å². The summed E-state index contributed by atoms with van der Waals surface area (Å²) < 4.78 is 0. The van der Waals surface area contributed by atoms with Gasteiger partial charge in [-0.2, -0.15) is 0 Å². The van der Waals surface area contributed by atoms with Crippen molar-refractivity contribution >= 4 is 11.3 Å². The van der Waals surface area contributed by atoms with Gasteiger partial charge in [-0.3, -0.25) is 0 Å². The summed E-state index contributed by atoms with van der Waals surface area (Å²) in [6, 6.07) is 0. The highest BCUT2D eigenvalue weighted by Gasteiger charge is 2.05. The van der Waals surface area contributed by atoms with Crippen LogP contribution >= 0.6 is 11.3 Å². The van der Waals surface area contributed by atoms with Crippen LogP contribution in [0.5, 0.6) is 0 Å². The molecule has 3 nitrogen and oxygen atoms in total. The van der Waals surface area contributed by atoms with Crippen molar-refractivity contribution in [2.75, 3.05) is 6.54 Å². The van der Waals surface area contributed by atoms with E-state index in [1.807, 2.05) is 6.92 Å². The molecule has 0 amide bonds. The molecule has 4 heteroatoms. The highest BCUT2D eigenvalue weighted by Crippen LogP contribution is 2.15. The Balaban J connectivity index is 2.25. The Morgan fingerprint density at radius 2 is 2.20 bits per heavy atom. The zero-order valence-corrected chi connectivity index (χ0v) is 10.5. The lowest BCUT2D eigenvalue weighted by Gasteiger charge is -2.09. The van der Waals surface area contributed by atoms with Crippen molar-refractivity contribution < 1.29 is 5.11 Å². The lowest BCUT2D eigenvalue weighted by atomic mass is 10.2. The lowest BCUT2D eigenvalue weighted by Crippen LogP contribution is -2.26. The molecule has 0 radical (unpaired) electrons. The quantitative estimate of drug-likeness (QED) is 0.783. The maximum atomic E-state index is 9.51. The Kier molecular flexibility index (Phi) is 5.22. The third kappa shape index (κ3) is 4.28. The molecule has 0 saturated carbocycles. The van der Waals surface area contributed by atoms with Gasteiger partial charge in [-0.1, -0.05) is 13.3 Å². The van der Waals surface area contributed by atoms with E-state index in [1.165, 1.54) is 4.88 Å². The van der Waals surface area contributed by atoms with Gasteiger partial charge in [0.25, 0.3) is 0 Å². The average molecular weight is 228 g/mol. The molecular weight excluding hydrogens is 208 g/mol. The molecule has 86 valence electrons. The monoisotopic (exact) mass is 228 g/mol. The largest absolute Gasteiger partial charge is 0.392 e. The molecule has 15 heavy (non-hydrogen) atoms. The van der Waals surface area contributed by atoms with Crippen molar-refractivity contribution in [3.8, 4) is 0 Å². The number of hydrogen-bond acceptors (Lipinski definition) is 4. The molecule has 0 aliphatic heterocycles. The maximum Gasteiger partial charge on any atom is 0.107 e. The lowest BCUT2D eigenvalue weighted by molar-refractivity contribution is 0.160. The molecule has 1 aromatic rings. The fourth-order valence-corrected chi connectivity index (χ4v) is 2.30. The van der Waals surface area contributed by atoms with Crippen LogP contribution in [0.3, 0.4) is 0 Å². The number of aliphatic hydroxyl groups excluding tert-OH is 1. The van der Waals surface area contributed by atoms with E-state index in [0.717, 1.165) is 30.1 Å². The molecule has 0 spiro atoms. The smallest absolute Gasteiger partial charge is 0.107 e. The molecule has 1 atom stereocenters. The van der Waals surface area contributed by atoms with E-state index in [4.69, 9.17) is 0 Å². The third-order valence-electron chi connectivity index (χ3n) is 2.35. The van der Waals surface area contributed by atoms with Gasteiger partial charge < -0.3 is 10.4 Å². The van der Waals surface area contributed by atoms with E-state index in [1.54, 1.807) is 11.3 Å². The van der Waals surface area contributed by atoms with Gasteiger partial charge >= 0.3 is 0 Å². The van der Waals surface area contributed by atoms with Crippen LogP contribution in [0.4, 0.5) is 0 Å². The first-order valence-corrected chi connectivity index (χ1v) is 6.26. The Labute approximate surface area is 95.6 Å². The Morgan fingerprint density at radius 3 is 2.73 bits per heavy atom. The number of aliphatic hydroxyl groups is 1. The highest BCUT2D eigenvalue weighted by atomic mass is 32.1. The molecule has 1 unspecified atom stereocenters. The number of hydrogen-bond donors (Lipinski definition) is 2. The van der Waals surface area contributed by atoms with E-state index in [2.05, 4.69) is 24.1 Å². The molecule has 0 aliphatic rings. The second-order valence-electron chi connectivity index (χ2n) is 3.82. The first kappa shape index (κ1) is 12.6. The first-order chi connectivity index (χ1) is 7.13. The Bertz CT molecular complexity index is 279. The summed E-state index contributed by atoms with van der Waals surface area (Å²) in [6.45, 7) is 7.62. The van der Waals surface area contributed by atoms with Crippen molar-refractivity contribution in [2.24, 2.45) is 0 Å². The van der Waals surface area contributed by atoms with E-state index < -0.39 is 0 Å². The van der Waals surface area contributed by atoms with Crippen LogP contribution in [0, 0.1) is 13.8 Å². The van der Waals surface area contributed by atoms with E-state index >= 15 is 0 Å². The summed E-state index contributed by atoms with van der Waals surface area (Å²) in [4.78, 5) is 5.71. The normalized spacial score (nSPS) is 13.1. The third-order valence-corrected chi connectivity index (χ3v) is 3.42. The molecule has 1 aromatic heterocycles. The van der Waals surface area contributed by atoms with Crippen molar-refractivity contribution in [3.05, 3.63) is 15.6 Å². The Hall–Kier alpha value is -0.450. The van der Waals surface area contributed by atoms with Crippen LogP contribution in [-0.4, -0.2) is 22.7 Å². The second-order valence-corrected chi connectivity index (χ2v) is 5.11. The number of aryl methyl sites for hydroxylation is 2. The minimum atomic E-state index is -0.225. The van der Waals surface area contributed by atoms with Crippen molar-refractivity contribution in [1.82, 2.24) is 10.3 Å². The number of nitrogens with zero attached hydrogens (tertiary/aromatic N) is 1. The van der Waals surface area contributed by atoms with Crippen molar-refractivity contribution in [3.63, 3.8) is 0 Å². The summed E-state index contributed by atoms with van der Waals surface area (Å²) >= 11 is 1.72. The van der Waals surface area contributed by atoms with Crippen LogP contribution in [0.25, 0.3) is 0 Å². The van der Waals surface area contributed by atoms with E-state index in [0.29, 0.717) is 6.54 Å². The van der Waals surface area contributed by atoms with Crippen molar-refractivity contribution in [2.45, 2.75) is 46.3 Å². The fraction of sp³-hybridized carbons (Fsp3) is 0.727. The molecular formula is C11H20N2OS. The Morgan fingerprint density at radius 1 is 1.47 bits per heavy atom. The van der Waals surface area contributed by atoms with Gasteiger partial charge in [0.15, 0.2) is 0 Å². The van der Waals surface area contributed by atoms with Gasteiger partial charge in [0, 0.05) is 18.0 Å². The summed E-state index contributed by atoms with van der Waals surface area (Å²) in [5, 5.41) is 13.8. The van der Waals surface area contributed by atoms with Crippen LogP contribution in [0.1, 0.15) is 35.3 Å². The minimum Gasteiger partial charge on any atom is -0.392 e. The predicted molar refractivity (Wildman–Crippen MR) is 64.2 cm³/mol. The van der Waals surface area contributed by atoms with Crippen LogP contribution in [0.15, 0.2) is 0 Å². The number of thiazole rings is 1. The summed E-state index contributed by atoms with van der Waals surface area (Å²) in [7, 11) is 0. The predicted octanol–water partition coefficient (Wildman–Crippen LogP) is 2.01. The molecule has 1 rings (SSSR count). The maximum absolute atomic E-state index is 9.51. The molecule has 0 fully saturated rings. The number of aromatic nitrogens is 1. The SMILES string of the molecule is CCCC(O)CNCc1nc(C)c(C)s1. The fourth-order valence-electron chi connectivity index (χ4n) is 1.40. The number of nitrogens with one attached hydrogen (secondary N) is 1. The van der Waals surface area contributed by atoms with E-state index in [-0.39, 0.29) is 6.10 Å². The van der Waals surface area contributed by atoms with Crippen LogP contribution < -0.4 is 5.32 Å². The topological polar surface area (TPSA) is 45.1 Å². The summed E-state index contributed by atoms with van der Waals surface area (Å²) in [5.41, 5.74) is 1.12. The molecule has 1 heterocycles. The van der Waals surface area contributed by atoms with Gasteiger partial charge in [0.05, 0.1) is 11.8 Å². The highest BCUT2D eigenvalue weighted by molar-refractivity contribution is 7.11. The van der Waals surface area contributed by atoms with Crippen LogP contribution in [0.2, 0.25) is 0 Å². The molecule has 0 saturated heterocycles. The average Bonchev–Trinajstić information content (AvgIpc) is 2.46. The zero-order chi connectivity index (χ0) is 11.3. The van der Waals surface area contributed by atoms with Gasteiger partial charge in [-0.05, 0) is 20.3 Å². The second kappa shape index (κ2) is 6.20. The molecule has 0 aliphatic carbocycles. The summed E-state index contributed by atoms with van der Waals surface area (Å²) in [6.07, 6.45) is 1.67. The van der Waals surface area contributed by atoms with E-state index in [9.17, 15) is 5.11 Å². The zero-order valence-electron chi connectivity index (χ0n) is 9.71. The molecule has 2 N–H and O–H groups in total. The summed E-state index contributed by atoms with van der Waals surface area (Å²) in [5.74, 6) is 0. The van der Waals surface area contributed by atoms with Gasteiger partial charge in [-0.15, -0.1) is 11.3 Å². The van der Waals surface area contributed by atoms with Crippen molar-refractivity contribution in [1.29, 1.82) is 0 Å². The van der Waals surface area contributed by atoms with Crippen LogP contribution in [-0.2, 0) is 6.54 Å². The first-order valence-electron chi connectivity index (χ1n) is 5.45. The molecule has 0 bridgehead atoms.